The van der Waals surface area contributed by atoms with Crippen LogP contribution in [0, 0.1) is 6.92 Å². The van der Waals surface area contributed by atoms with Gasteiger partial charge in [0.15, 0.2) is 0 Å². The third-order valence-corrected chi connectivity index (χ3v) is 4.64. The Hall–Kier alpha value is -0.480. The Kier molecular flexibility index (Phi) is 6.06. The van der Waals surface area contributed by atoms with Gasteiger partial charge >= 0.3 is 5.97 Å². The first kappa shape index (κ1) is 14.6. The van der Waals surface area contributed by atoms with Gasteiger partial charge in [-0.1, -0.05) is 35.7 Å². The van der Waals surface area contributed by atoms with Gasteiger partial charge in [0.1, 0.15) is 5.25 Å². The third-order valence-electron chi connectivity index (χ3n) is 2.50. The Bertz CT molecular complexity index is 393. The lowest BCUT2D eigenvalue weighted by Gasteiger charge is -2.12. The van der Waals surface area contributed by atoms with Crippen molar-refractivity contribution in [1.82, 2.24) is 0 Å². The summed E-state index contributed by atoms with van der Waals surface area (Å²) >= 11 is 4.88. The van der Waals surface area contributed by atoms with E-state index in [1.807, 2.05) is 25.1 Å². The summed E-state index contributed by atoms with van der Waals surface area (Å²) in [6.45, 7) is 4.09. The summed E-state index contributed by atoms with van der Waals surface area (Å²) in [6.07, 6.45) is 2.72. The van der Waals surface area contributed by atoms with Crippen LogP contribution in [0.25, 0.3) is 0 Å². The summed E-state index contributed by atoms with van der Waals surface area (Å²) in [5.74, 6) is -0.718. The van der Waals surface area contributed by atoms with Gasteiger partial charge in [0.2, 0.25) is 0 Å². The van der Waals surface area contributed by atoms with Gasteiger partial charge in [-0.25, -0.2) is 0 Å². The van der Waals surface area contributed by atoms with E-state index in [1.54, 1.807) is 0 Å². The average Bonchev–Trinajstić information content (AvgIpc) is 2.28. The van der Waals surface area contributed by atoms with Crippen LogP contribution in [0.4, 0.5) is 0 Å². The molecular weight excluding hydrogens is 300 g/mol. The van der Waals surface area contributed by atoms with Gasteiger partial charge in [-0.3, -0.25) is 4.79 Å². The summed E-state index contributed by atoms with van der Waals surface area (Å²) in [5.41, 5.74) is 1.13. The van der Waals surface area contributed by atoms with Crippen LogP contribution in [-0.2, 0) is 4.79 Å². The molecule has 1 atom stereocenters. The number of benzene rings is 1. The fourth-order valence-electron chi connectivity index (χ4n) is 1.48. The maximum Gasteiger partial charge on any atom is 0.316 e. The van der Waals surface area contributed by atoms with E-state index in [0.717, 1.165) is 34.2 Å². The molecular formula is C13H17BrO2S. The molecule has 1 aromatic rings. The Balaban J connectivity index is 2.71. The molecule has 0 aliphatic rings. The largest absolute Gasteiger partial charge is 0.480 e. The number of unbranched alkanes of at least 4 members (excludes halogenated alkanes) is 1. The summed E-state index contributed by atoms with van der Waals surface area (Å²) in [7, 11) is 0. The molecule has 0 aliphatic carbocycles. The summed E-state index contributed by atoms with van der Waals surface area (Å²) in [6, 6.07) is 5.96. The number of hydrogen-bond acceptors (Lipinski definition) is 2. The van der Waals surface area contributed by atoms with Gasteiger partial charge in [-0.2, -0.15) is 0 Å². The zero-order chi connectivity index (χ0) is 12.8. The number of hydrogen-bond donors (Lipinski definition) is 1. The van der Waals surface area contributed by atoms with Crippen molar-refractivity contribution in [2.45, 2.75) is 43.3 Å². The normalized spacial score (nSPS) is 12.4. The number of carboxylic acids is 1. The van der Waals surface area contributed by atoms with Crippen LogP contribution in [0.5, 0.6) is 0 Å². The monoisotopic (exact) mass is 316 g/mol. The lowest BCUT2D eigenvalue weighted by molar-refractivity contribution is -0.136. The molecule has 4 heteroatoms. The van der Waals surface area contributed by atoms with Crippen molar-refractivity contribution in [3.05, 3.63) is 28.2 Å². The molecule has 0 spiro atoms. The second kappa shape index (κ2) is 7.07. The smallest absolute Gasteiger partial charge is 0.316 e. The molecule has 1 rings (SSSR count). The van der Waals surface area contributed by atoms with Crippen molar-refractivity contribution in [3.63, 3.8) is 0 Å². The molecule has 1 N–H and O–H groups in total. The van der Waals surface area contributed by atoms with Crippen molar-refractivity contribution < 1.29 is 9.90 Å². The van der Waals surface area contributed by atoms with Crippen LogP contribution < -0.4 is 0 Å². The fourth-order valence-corrected chi connectivity index (χ4v) is 2.83. The molecule has 0 amide bonds. The second-order valence-corrected chi connectivity index (χ2v) is 6.13. The minimum absolute atomic E-state index is 0.337. The van der Waals surface area contributed by atoms with Crippen LogP contribution in [0.3, 0.4) is 0 Å². The van der Waals surface area contributed by atoms with Crippen LogP contribution in [0.15, 0.2) is 27.6 Å². The quantitative estimate of drug-likeness (QED) is 0.785. The Morgan fingerprint density at radius 2 is 2.24 bits per heavy atom. The van der Waals surface area contributed by atoms with E-state index in [4.69, 9.17) is 5.11 Å². The molecule has 0 aromatic heterocycles. The zero-order valence-electron chi connectivity index (χ0n) is 10.1. The van der Waals surface area contributed by atoms with E-state index in [1.165, 1.54) is 11.8 Å². The van der Waals surface area contributed by atoms with Gasteiger partial charge < -0.3 is 5.11 Å². The van der Waals surface area contributed by atoms with Crippen LogP contribution >= 0.6 is 27.7 Å². The number of carbonyl (C=O) groups is 1. The Labute approximate surface area is 115 Å². The Morgan fingerprint density at radius 1 is 1.53 bits per heavy atom. The third kappa shape index (κ3) is 4.72. The minimum atomic E-state index is -0.718. The number of aliphatic carboxylic acids is 1. The highest BCUT2D eigenvalue weighted by Crippen LogP contribution is 2.29. The van der Waals surface area contributed by atoms with Gasteiger partial charge in [-0.05, 0) is 37.1 Å². The standard InChI is InChI=1S/C13H17BrO2S/c1-3-4-5-12(13(15)16)17-10-6-7-11(14)9(2)8-10/h6-8,12H,3-5H2,1-2H3,(H,15,16)/t12-/m0/s1. The van der Waals surface area contributed by atoms with Gasteiger partial charge in [-0.15, -0.1) is 11.8 Å². The van der Waals surface area contributed by atoms with Crippen molar-refractivity contribution in [2.24, 2.45) is 0 Å². The van der Waals surface area contributed by atoms with Crippen molar-refractivity contribution >= 4 is 33.7 Å². The summed E-state index contributed by atoms with van der Waals surface area (Å²) < 4.78 is 1.06. The molecule has 0 unspecified atom stereocenters. The molecule has 94 valence electrons. The van der Waals surface area contributed by atoms with E-state index in [0.29, 0.717) is 0 Å². The topological polar surface area (TPSA) is 37.3 Å². The first-order chi connectivity index (χ1) is 8.04. The summed E-state index contributed by atoms with van der Waals surface area (Å²) in [5, 5.41) is 8.82. The number of aryl methyl sites for hydroxylation is 1. The van der Waals surface area contributed by atoms with Crippen molar-refractivity contribution in [2.75, 3.05) is 0 Å². The molecule has 0 radical (unpaired) electrons. The van der Waals surface area contributed by atoms with Crippen molar-refractivity contribution in [1.29, 1.82) is 0 Å². The predicted molar refractivity (Wildman–Crippen MR) is 75.7 cm³/mol. The number of carboxylic acid groups (broad SMARTS) is 1. The van der Waals surface area contributed by atoms with Crippen LogP contribution in [0.1, 0.15) is 31.7 Å². The minimum Gasteiger partial charge on any atom is -0.480 e. The first-order valence-electron chi connectivity index (χ1n) is 5.70. The zero-order valence-corrected chi connectivity index (χ0v) is 12.5. The molecule has 17 heavy (non-hydrogen) atoms. The number of thioether (sulfide) groups is 1. The fraction of sp³-hybridized carbons (Fsp3) is 0.462. The SMILES string of the molecule is CCCC[C@H](Sc1ccc(Br)c(C)c1)C(=O)O. The van der Waals surface area contributed by atoms with Crippen LogP contribution in [0.2, 0.25) is 0 Å². The first-order valence-corrected chi connectivity index (χ1v) is 7.37. The van der Waals surface area contributed by atoms with E-state index < -0.39 is 5.97 Å². The molecule has 2 nitrogen and oxygen atoms in total. The molecule has 0 saturated heterocycles. The Morgan fingerprint density at radius 3 is 2.76 bits per heavy atom. The van der Waals surface area contributed by atoms with Gasteiger partial charge in [0, 0.05) is 9.37 Å². The van der Waals surface area contributed by atoms with E-state index in [-0.39, 0.29) is 5.25 Å². The maximum absolute atomic E-state index is 11.1. The molecule has 0 saturated carbocycles. The van der Waals surface area contributed by atoms with Gasteiger partial charge in [0.25, 0.3) is 0 Å². The van der Waals surface area contributed by atoms with E-state index in [9.17, 15) is 4.79 Å². The maximum atomic E-state index is 11.1. The van der Waals surface area contributed by atoms with Crippen LogP contribution in [-0.4, -0.2) is 16.3 Å². The molecule has 0 fully saturated rings. The highest BCUT2D eigenvalue weighted by atomic mass is 79.9. The van der Waals surface area contributed by atoms with Crippen molar-refractivity contribution in [3.8, 4) is 0 Å². The number of halogens is 1. The van der Waals surface area contributed by atoms with E-state index >= 15 is 0 Å². The number of rotatable bonds is 6. The highest BCUT2D eigenvalue weighted by molar-refractivity contribution is 9.10. The van der Waals surface area contributed by atoms with Gasteiger partial charge in [0.05, 0.1) is 0 Å². The highest BCUT2D eigenvalue weighted by Gasteiger charge is 2.18. The lowest BCUT2D eigenvalue weighted by Crippen LogP contribution is -2.15. The second-order valence-electron chi connectivity index (χ2n) is 4.00. The lowest BCUT2D eigenvalue weighted by atomic mass is 10.2. The molecule has 0 aliphatic heterocycles. The average molecular weight is 317 g/mol. The van der Waals surface area contributed by atoms with E-state index in [2.05, 4.69) is 22.9 Å². The molecule has 1 aromatic carbocycles. The summed E-state index contributed by atoms with van der Waals surface area (Å²) in [4.78, 5) is 12.2. The molecule has 0 heterocycles. The predicted octanol–water partition coefficient (Wildman–Crippen LogP) is 4.49. The molecule has 0 bridgehead atoms.